The van der Waals surface area contributed by atoms with Crippen LogP contribution >= 0.6 is 22.9 Å². The smallest absolute Gasteiger partial charge is 0.249 e. The lowest BCUT2D eigenvalue weighted by Gasteiger charge is -2.02. The Morgan fingerprint density at radius 3 is 2.58 bits per heavy atom. The van der Waals surface area contributed by atoms with Crippen LogP contribution in [0.1, 0.15) is 12.0 Å². The van der Waals surface area contributed by atoms with Crippen LogP contribution in [0.15, 0.2) is 52.4 Å². The molecule has 0 saturated heterocycles. The molecule has 0 atom stereocenters. The van der Waals surface area contributed by atoms with Crippen molar-refractivity contribution in [3.05, 3.63) is 57.9 Å². The molecule has 136 valence electrons. The van der Waals surface area contributed by atoms with Gasteiger partial charge in [0.05, 0.1) is 20.9 Å². The van der Waals surface area contributed by atoms with Gasteiger partial charge in [-0.25, -0.2) is 8.42 Å². The molecule has 0 radical (unpaired) electrons. The fraction of sp³-hybridized carbons (Fsp3) is 0.222. The van der Waals surface area contributed by atoms with Crippen molar-refractivity contribution in [3.8, 4) is 0 Å². The number of hydrogen-bond acceptors (Lipinski definition) is 4. The number of carbonyl (C=O) groups excluding carboxylic acids is 1. The van der Waals surface area contributed by atoms with E-state index in [1.54, 1.807) is 0 Å². The van der Waals surface area contributed by atoms with Crippen molar-refractivity contribution in [1.82, 2.24) is 4.57 Å². The molecule has 0 N–H and O–H groups in total. The molecule has 3 aromatic rings. The van der Waals surface area contributed by atoms with Gasteiger partial charge in [-0.15, -0.1) is 0 Å². The molecule has 5 nitrogen and oxygen atoms in total. The number of aromatic nitrogens is 1. The number of amides is 1. The first kappa shape index (κ1) is 18.8. The average molecular weight is 409 g/mol. The molecule has 1 amide bonds. The fourth-order valence-corrected chi connectivity index (χ4v) is 4.98. The second kappa shape index (κ2) is 7.34. The van der Waals surface area contributed by atoms with E-state index >= 15 is 0 Å². The van der Waals surface area contributed by atoms with E-state index in [4.69, 9.17) is 11.6 Å². The van der Waals surface area contributed by atoms with E-state index in [1.165, 1.54) is 35.6 Å². The summed E-state index contributed by atoms with van der Waals surface area (Å²) in [7, 11) is -1.71. The number of fused-ring (bicyclic) bond motifs is 1. The summed E-state index contributed by atoms with van der Waals surface area (Å²) in [6, 6.07) is 11.9. The Hall–Kier alpha value is -1.96. The summed E-state index contributed by atoms with van der Waals surface area (Å²) >= 11 is 7.18. The summed E-state index contributed by atoms with van der Waals surface area (Å²) in [6.07, 6.45) is -0.168. The van der Waals surface area contributed by atoms with E-state index < -0.39 is 15.7 Å². The van der Waals surface area contributed by atoms with Gasteiger partial charge < -0.3 is 4.57 Å². The van der Waals surface area contributed by atoms with Crippen LogP contribution in [0.2, 0.25) is 5.02 Å². The number of benzene rings is 2. The van der Waals surface area contributed by atoms with Gasteiger partial charge in [-0.2, -0.15) is 4.99 Å². The van der Waals surface area contributed by atoms with E-state index in [2.05, 4.69) is 4.99 Å². The molecule has 0 fully saturated rings. The molecule has 3 rings (SSSR count). The monoisotopic (exact) mass is 408 g/mol. The molecule has 0 aliphatic rings. The predicted molar refractivity (Wildman–Crippen MR) is 104 cm³/mol. The number of thiazole rings is 1. The molecule has 1 aromatic heterocycles. The maximum Gasteiger partial charge on any atom is 0.249 e. The van der Waals surface area contributed by atoms with Gasteiger partial charge in [-0.1, -0.05) is 29.0 Å². The summed E-state index contributed by atoms with van der Waals surface area (Å²) in [5.41, 5.74) is 2.12. The second-order valence-corrected chi connectivity index (χ2v) is 9.50. The van der Waals surface area contributed by atoms with Gasteiger partial charge in [0.15, 0.2) is 14.6 Å². The molecule has 0 aliphatic heterocycles. The summed E-state index contributed by atoms with van der Waals surface area (Å²) in [6.45, 7) is 2.00. The maximum atomic E-state index is 12.3. The van der Waals surface area contributed by atoms with E-state index in [9.17, 15) is 13.2 Å². The second-order valence-electron chi connectivity index (χ2n) is 5.94. The summed E-state index contributed by atoms with van der Waals surface area (Å²) < 4.78 is 27.5. The third kappa shape index (κ3) is 4.06. The average Bonchev–Trinajstić information content (AvgIpc) is 2.88. The largest absolute Gasteiger partial charge is 0.319 e. The number of hydrogen-bond donors (Lipinski definition) is 0. The van der Waals surface area contributed by atoms with Gasteiger partial charge in [-0.05, 0) is 48.9 Å². The highest BCUT2D eigenvalue weighted by Crippen LogP contribution is 2.18. The molecular weight excluding hydrogens is 392 g/mol. The van der Waals surface area contributed by atoms with Crippen LogP contribution in [0.3, 0.4) is 0 Å². The predicted octanol–water partition coefficient (Wildman–Crippen LogP) is 3.49. The molecular formula is C18H17ClN2O3S2. The Morgan fingerprint density at radius 1 is 1.19 bits per heavy atom. The van der Waals surface area contributed by atoms with Crippen LogP contribution in [-0.2, 0) is 21.7 Å². The number of nitrogens with zero attached hydrogens (tertiary/aromatic N) is 2. The van der Waals surface area contributed by atoms with Crippen LogP contribution in [0.4, 0.5) is 0 Å². The van der Waals surface area contributed by atoms with Crippen LogP contribution in [0.5, 0.6) is 0 Å². The minimum absolute atomic E-state index is 0.151. The quantitative estimate of drug-likeness (QED) is 0.663. The zero-order valence-electron chi connectivity index (χ0n) is 14.3. The number of rotatable bonds is 4. The first-order valence-electron chi connectivity index (χ1n) is 7.88. The van der Waals surface area contributed by atoms with Crippen molar-refractivity contribution < 1.29 is 13.2 Å². The number of halogens is 1. The molecule has 0 aliphatic carbocycles. The van der Waals surface area contributed by atoms with E-state index in [0.29, 0.717) is 9.82 Å². The molecule has 0 spiro atoms. The summed E-state index contributed by atoms with van der Waals surface area (Å²) in [5.74, 6) is -0.744. The highest BCUT2D eigenvalue weighted by molar-refractivity contribution is 7.91. The topological polar surface area (TPSA) is 68.5 Å². The van der Waals surface area contributed by atoms with Crippen molar-refractivity contribution >= 4 is 48.9 Å². The van der Waals surface area contributed by atoms with Crippen LogP contribution < -0.4 is 4.80 Å². The van der Waals surface area contributed by atoms with Crippen molar-refractivity contribution in [3.63, 3.8) is 0 Å². The lowest BCUT2D eigenvalue weighted by Crippen LogP contribution is -2.15. The number of aryl methyl sites for hydroxylation is 2. The third-order valence-corrected chi connectivity index (χ3v) is 7.02. The molecule has 0 unspecified atom stereocenters. The van der Waals surface area contributed by atoms with Crippen molar-refractivity contribution in [1.29, 1.82) is 0 Å². The Balaban J connectivity index is 1.79. The Bertz CT molecular complexity index is 1140. The Kier molecular flexibility index (Phi) is 5.32. The fourth-order valence-electron chi connectivity index (χ4n) is 2.49. The van der Waals surface area contributed by atoms with Gasteiger partial charge in [0, 0.05) is 18.5 Å². The Labute approximate surface area is 160 Å². The zero-order valence-corrected chi connectivity index (χ0v) is 16.7. The third-order valence-electron chi connectivity index (χ3n) is 3.94. The van der Waals surface area contributed by atoms with Crippen molar-refractivity contribution in [2.24, 2.45) is 12.0 Å². The SMILES string of the molecule is Cc1ccc2c(c1)sc(=NC(=O)CCS(=O)(=O)c1ccc(Cl)cc1)n2C. The molecule has 2 aromatic carbocycles. The highest BCUT2D eigenvalue weighted by atomic mass is 35.5. The minimum atomic E-state index is -3.55. The van der Waals surface area contributed by atoms with E-state index in [-0.39, 0.29) is 17.1 Å². The number of carbonyl (C=O) groups is 1. The molecule has 0 bridgehead atoms. The summed E-state index contributed by atoms with van der Waals surface area (Å²) in [5, 5.41) is 0.461. The standard InChI is InChI=1S/C18H17ClN2O3S2/c1-12-3-8-15-16(11-12)25-18(21(15)2)20-17(22)9-10-26(23,24)14-6-4-13(19)5-7-14/h3-8,11H,9-10H2,1-2H3. The maximum absolute atomic E-state index is 12.3. The first-order chi connectivity index (χ1) is 12.3. The Morgan fingerprint density at radius 2 is 1.88 bits per heavy atom. The first-order valence-corrected chi connectivity index (χ1v) is 10.7. The van der Waals surface area contributed by atoms with Gasteiger partial charge in [-0.3, -0.25) is 4.79 Å². The normalized spacial score (nSPS) is 12.7. The van der Waals surface area contributed by atoms with E-state index in [0.717, 1.165) is 15.8 Å². The number of sulfone groups is 1. The lowest BCUT2D eigenvalue weighted by molar-refractivity contribution is -0.117. The van der Waals surface area contributed by atoms with Crippen LogP contribution in [-0.4, -0.2) is 24.6 Å². The van der Waals surface area contributed by atoms with Crippen LogP contribution in [0.25, 0.3) is 10.2 Å². The highest BCUT2D eigenvalue weighted by Gasteiger charge is 2.16. The minimum Gasteiger partial charge on any atom is -0.319 e. The molecule has 8 heteroatoms. The molecule has 1 heterocycles. The van der Waals surface area contributed by atoms with Gasteiger partial charge in [0.2, 0.25) is 5.91 Å². The van der Waals surface area contributed by atoms with Crippen molar-refractivity contribution in [2.45, 2.75) is 18.2 Å². The van der Waals surface area contributed by atoms with Gasteiger partial charge in [0.25, 0.3) is 0 Å². The van der Waals surface area contributed by atoms with Crippen molar-refractivity contribution in [2.75, 3.05) is 5.75 Å². The van der Waals surface area contributed by atoms with Gasteiger partial charge >= 0.3 is 0 Å². The van der Waals surface area contributed by atoms with Crippen LogP contribution in [0, 0.1) is 6.92 Å². The van der Waals surface area contributed by atoms with Gasteiger partial charge in [0.1, 0.15) is 0 Å². The molecule has 26 heavy (non-hydrogen) atoms. The lowest BCUT2D eigenvalue weighted by atomic mass is 10.2. The zero-order chi connectivity index (χ0) is 18.9. The molecule has 0 saturated carbocycles. The summed E-state index contributed by atoms with van der Waals surface area (Å²) in [4.78, 5) is 17.0. The van der Waals surface area contributed by atoms with E-state index in [1.807, 2.05) is 36.7 Å².